The molecule has 0 aromatic carbocycles. The van der Waals surface area contributed by atoms with Crippen LogP contribution in [0.1, 0.15) is 59.3 Å². The summed E-state index contributed by atoms with van der Waals surface area (Å²) in [6.07, 6.45) is 0.728. The number of aliphatic hydroxyl groups excluding tert-OH is 1. The molecule has 1 heterocycles. The van der Waals surface area contributed by atoms with E-state index in [-0.39, 0.29) is 38.3 Å². The van der Waals surface area contributed by atoms with E-state index in [4.69, 9.17) is 22.9 Å². The summed E-state index contributed by atoms with van der Waals surface area (Å²) < 4.78 is 0. The summed E-state index contributed by atoms with van der Waals surface area (Å²) in [5.41, 5.74) is 21.5. The molecule has 19 nitrogen and oxygen atoms in total. The van der Waals surface area contributed by atoms with Crippen molar-refractivity contribution in [3.8, 4) is 0 Å². The van der Waals surface area contributed by atoms with Crippen molar-refractivity contribution >= 4 is 47.4 Å². The molecule has 14 N–H and O–H groups in total. The molecule has 19 heteroatoms. The third-order valence-corrected chi connectivity index (χ3v) is 7.44. The Labute approximate surface area is 266 Å². The molecule has 6 amide bonds. The van der Waals surface area contributed by atoms with E-state index in [1.807, 2.05) is 0 Å². The van der Waals surface area contributed by atoms with Gasteiger partial charge in [0.1, 0.15) is 30.2 Å². The van der Waals surface area contributed by atoms with Crippen molar-refractivity contribution in [3.05, 3.63) is 0 Å². The van der Waals surface area contributed by atoms with Crippen LogP contribution in [0.3, 0.4) is 0 Å². The lowest BCUT2D eigenvalue weighted by molar-refractivity contribution is -0.144. The monoisotopic (exact) mass is 656 g/mol. The Morgan fingerprint density at radius 2 is 1.52 bits per heavy atom. The quantitative estimate of drug-likeness (QED) is 0.0356. The number of aliphatic hydroxyl groups is 1. The highest BCUT2D eigenvalue weighted by Crippen LogP contribution is 2.20. The van der Waals surface area contributed by atoms with Crippen molar-refractivity contribution < 1.29 is 43.8 Å². The molecule has 0 unspecified atom stereocenters. The number of hydrogen-bond donors (Lipinski definition) is 10. The molecule has 0 bridgehead atoms. The first-order chi connectivity index (χ1) is 21.5. The van der Waals surface area contributed by atoms with Crippen molar-refractivity contribution in [2.75, 3.05) is 19.7 Å². The maximum Gasteiger partial charge on any atom is 0.328 e. The summed E-state index contributed by atoms with van der Waals surface area (Å²) >= 11 is 0. The summed E-state index contributed by atoms with van der Waals surface area (Å²) in [6.45, 7) is 4.19. The second-order valence-electron chi connectivity index (χ2n) is 11.2. The number of aliphatic carboxylic acids is 1. The van der Waals surface area contributed by atoms with Crippen LogP contribution in [-0.2, 0) is 33.6 Å². The fraction of sp³-hybridized carbons (Fsp3) is 0.704. The van der Waals surface area contributed by atoms with E-state index in [1.54, 1.807) is 13.8 Å². The molecule has 1 saturated heterocycles. The van der Waals surface area contributed by atoms with E-state index in [0.717, 1.165) is 0 Å². The number of carboxylic acids is 1. The van der Waals surface area contributed by atoms with Gasteiger partial charge in [-0.25, -0.2) is 4.79 Å². The first-order valence-electron chi connectivity index (χ1n) is 15.0. The van der Waals surface area contributed by atoms with Gasteiger partial charge in [-0.3, -0.25) is 33.8 Å². The molecule has 0 aromatic heterocycles. The van der Waals surface area contributed by atoms with Gasteiger partial charge in [0.15, 0.2) is 5.96 Å². The van der Waals surface area contributed by atoms with Gasteiger partial charge in [0.25, 0.3) is 0 Å². The number of carbonyl (C=O) groups excluding carboxylic acids is 6. The molecule has 1 fully saturated rings. The molecule has 1 aliphatic rings. The SMILES string of the molecule is CC[C@H](C)[C@H](NC(=O)[C@@H]1CCCN1C(=O)[C@H](CC(N)=O)NC(=O)[C@H](C)N)C(=O)N[C@@H](CCCN=C(N)N)C(=O)N[C@@H](CO)C(=O)O. The summed E-state index contributed by atoms with van der Waals surface area (Å²) in [5.74, 6) is -6.74. The van der Waals surface area contributed by atoms with Gasteiger partial charge in [-0.1, -0.05) is 20.3 Å². The van der Waals surface area contributed by atoms with Gasteiger partial charge in [-0.05, 0) is 38.5 Å². The van der Waals surface area contributed by atoms with E-state index in [0.29, 0.717) is 12.8 Å². The lowest BCUT2D eigenvalue weighted by Crippen LogP contribution is -2.60. The van der Waals surface area contributed by atoms with Gasteiger partial charge in [-0.15, -0.1) is 0 Å². The number of rotatable bonds is 19. The maximum absolute atomic E-state index is 13.5. The second kappa shape index (κ2) is 19.1. The van der Waals surface area contributed by atoms with Crippen LogP contribution in [0.15, 0.2) is 4.99 Å². The van der Waals surface area contributed by atoms with E-state index < -0.39 is 96.6 Å². The Morgan fingerprint density at radius 1 is 0.913 bits per heavy atom. The standard InChI is InChI=1S/C27H48N10O9/c1-4-13(2)20(24(43)33-15(7-5-9-32-27(30)31)22(41)35-17(12-38)26(45)46)36-23(42)18-8-6-10-37(18)25(44)16(11-19(29)39)34-21(40)14(3)28/h13-18,20,38H,4-12,28H2,1-3H3,(H2,29,39)(H,33,43)(H,34,40)(H,35,41)(H,36,42)(H,45,46)(H4,30,31,32)/t13-,14-,15-,16-,17-,18-,20-/m0/s1. The molecule has 46 heavy (non-hydrogen) atoms. The van der Waals surface area contributed by atoms with Crippen molar-refractivity contribution in [1.29, 1.82) is 0 Å². The van der Waals surface area contributed by atoms with Gasteiger partial charge in [0.05, 0.1) is 19.1 Å². The largest absolute Gasteiger partial charge is 0.480 e. The number of aliphatic imine (C=N–C) groups is 1. The number of nitrogens with zero attached hydrogens (tertiary/aromatic N) is 2. The lowest BCUT2D eigenvalue weighted by Gasteiger charge is -2.31. The fourth-order valence-corrected chi connectivity index (χ4v) is 4.65. The predicted octanol–water partition coefficient (Wildman–Crippen LogP) is -4.68. The van der Waals surface area contributed by atoms with Crippen molar-refractivity contribution in [1.82, 2.24) is 26.2 Å². The Kier molecular flexibility index (Phi) is 16.4. The van der Waals surface area contributed by atoms with Crippen LogP contribution in [0.4, 0.5) is 0 Å². The molecule has 0 saturated carbocycles. The van der Waals surface area contributed by atoms with E-state index in [9.17, 15) is 43.8 Å². The smallest absolute Gasteiger partial charge is 0.328 e. The zero-order valence-corrected chi connectivity index (χ0v) is 26.4. The highest BCUT2D eigenvalue weighted by Gasteiger charge is 2.40. The first kappa shape index (κ1) is 39.5. The molecule has 0 radical (unpaired) electrons. The molecule has 0 aromatic rings. The number of likely N-dealkylation sites (tertiary alicyclic amines) is 1. The van der Waals surface area contributed by atoms with E-state index in [1.165, 1.54) is 11.8 Å². The number of carbonyl (C=O) groups is 7. The second-order valence-corrected chi connectivity index (χ2v) is 11.2. The summed E-state index contributed by atoms with van der Waals surface area (Å²) in [4.78, 5) is 93.6. The molecule has 0 aliphatic carbocycles. The molecule has 1 rings (SSSR count). The lowest BCUT2D eigenvalue weighted by atomic mass is 9.97. The normalized spacial score (nSPS) is 18.1. The van der Waals surface area contributed by atoms with Crippen LogP contribution in [0.5, 0.6) is 0 Å². The predicted molar refractivity (Wildman–Crippen MR) is 164 cm³/mol. The Bertz CT molecular complexity index is 1150. The van der Waals surface area contributed by atoms with E-state index >= 15 is 0 Å². The van der Waals surface area contributed by atoms with Crippen LogP contribution >= 0.6 is 0 Å². The van der Waals surface area contributed by atoms with Crippen LogP contribution < -0.4 is 44.2 Å². The average Bonchev–Trinajstić information content (AvgIpc) is 3.48. The molecule has 1 aliphatic heterocycles. The van der Waals surface area contributed by atoms with Gasteiger partial charge < -0.3 is 59.3 Å². The zero-order valence-electron chi connectivity index (χ0n) is 26.4. The van der Waals surface area contributed by atoms with Crippen LogP contribution in [0.2, 0.25) is 0 Å². The van der Waals surface area contributed by atoms with Gasteiger partial charge in [0, 0.05) is 13.1 Å². The summed E-state index contributed by atoms with van der Waals surface area (Å²) in [7, 11) is 0. The molecule has 7 atom stereocenters. The Balaban J connectivity index is 3.20. The fourth-order valence-electron chi connectivity index (χ4n) is 4.65. The number of primary amides is 1. The molecular weight excluding hydrogens is 608 g/mol. The Morgan fingerprint density at radius 3 is 2.04 bits per heavy atom. The third kappa shape index (κ3) is 12.5. The Hall–Kier alpha value is -4.52. The highest BCUT2D eigenvalue weighted by atomic mass is 16.4. The number of nitrogens with two attached hydrogens (primary N) is 4. The van der Waals surface area contributed by atoms with Crippen LogP contribution in [-0.4, -0.2) is 118 Å². The van der Waals surface area contributed by atoms with Gasteiger partial charge in [-0.2, -0.15) is 0 Å². The van der Waals surface area contributed by atoms with E-state index in [2.05, 4.69) is 26.3 Å². The minimum Gasteiger partial charge on any atom is -0.480 e. The number of nitrogens with one attached hydrogen (secondary N) is 4. The van der Waals surface area contributed by atoms with Crippen LogP contribution in [0, 0.1) is 5.92 Å². The number of carboxylic acid groups (broad SMARTS) is 1. The highest BCUT2D eigenvalue weighted by molar-refractivity contribution is 5.97. The average molecular weight is 657 g/mol. The van der Waals surface area contributed by atoms with Crippen molar-refractivity contribution in [2.24, 2.45) is 33.8 Å². The maximum atomic E-state index is 13.5. The van der Waals surface area contributed by atoms with Crippen molar-refractivity contribution in [3.63, 3.8) is 0 Å². The molecular formula is C27H48N10O9. The van der Waals surface area contributed by atoms with Crippen molar-refractivity contribution in [2.45, 2.75) is 95.5 Å². The summed E-state index contributed by atoms with van der Waals surface area (Å²) in [5, 5.41) is 28.3. The topological polar surface area (TPSA) is 328 Å². The zero-order chi connectivity index (χ0) is 35.1. The van der Waals surface area contributed by atoms with Crippen LogP contribution in [0.25, 0.3) is 0 Å². The minimum atomic E-state index is -1.63. The molecule has 0 spiro atoms. The molecule has 260 valence electrons. The number of hydrogen-bond acceptors (Lipinski definition) is 10. The van der Waals surface area contributed by atoms with Gasteiger partial charge in [0.2, 0.25) is 35.4 Å². The van der Waals surface area contributed by atoms with Gasteiger partial charge >= 0.3 is 5.97 Å². The third-order valence-electron chi connectivity index (χ3n) is 7.44. The first-order valence-corrected chi connectivity index (χ1v) is 15.0. The minimum absolute atomic E-state index is 0.0212. The summed E-state index contributed by atoms with van der Waals surface area (Å²) in [6, 6.07) is -7.48. The number of guanidine groups is 1. The number of amides is 6.